The summed E-state index contributed by atoms with van der Waals surface area (Å²) >= 11 is 1.75. The summed E-state index contributed by atoms with van der Waals surface area (Å²) in [7, 11) is 0. The van der Waals surface area contributed by atoms with Crippen LogP contribution < -0.4 is 10.6 Å². The zero-order chi connectivity index (χ0) is 16.3. The molecule has 3 N–H and O–H groups in total. The van der Waals surface area contributed by atoms with Gasteiger partial charge < -0.3 is 15.7 Å². The fourth-order valence-corrected chi connectivity index (χ4v) is 3.29. The molecule has 1 fully saturated rings. The number of halogens is 3. The Morgan fingerprint density at radius 3 is 2.43 bits per heavy atom. The molecule has 0 heterocycles. The van der Waals surface area contributed by atoms with E-state index in [0.29, 0.717) is 25.0 Å². The third-order valence-corrected chi connectivity index (χ3v) is 4.71. The number of hydrogen-bond acceptors (Lipinski definition) is 3. The molecule has 1 aliphatic carbocycles. The van der Waals surface area contributed by atoms with Crippen LogP contribution in [-0.4, -0.2) is 45.9 Å². The first kappa shape index (κ1) is 17.9. The fraction of sp³-hybridized carbons (Fsp3) is 0.833. The van der Waals surface area contributed by atoms with Crippen LogP contribution in [0.15, 0.2) is 0 Å². The van der Waals surface area contributed by atoms with Crippen LogP contribution in [0.1, 0.15) is 33.1 Å². The molecule has 9 heteroatoms. The zero-order valence-electron chi connectivity index (χ0n) is 11.8. The molecule has 1 aliphatic rings. The number of rotatable bonds is 5. The molecular weight excluding hydrogens is 309 g/mol. The first-order valence-corrected chi connectivity index (χ1v) is 7.65. The van der Waals surface area contributed by atoms with Crippen LogP contribution in [0.3, 0.4) is 0 Å². The highest BCUT2D eigenvalue weighted by molar-refractivity contribution is 7.99. The van der Waals surface area contributed by atoms with Crippen molar-refractivity contribution in [1.29, 1.82) is 0 Å². The molecule has 21 heavy (non-hydrogen) atoms. The minimum Gasteiger partial charge on any atom is -0.479 e. The van der Waals surface area contributed by atoms with Crippen LogP contribution >= 0.6 is 11.8 Å². The number of hydrogen-bond donors (Lipinski definition) is 3. The topological polar surface area (TPSA) is 78.4 Å². The van der Waals surface area contributed by atoms with Crippen LogP contribution in [0.5, 0.6) is 0 Å². The highest BCUT2D eigenvalue weighted by atomic mass is 32.2. The molecule has 0 aromatic carbocycles. The lowest BCUT2D eigenvalue weighted by atomic mass is 10.0. The molecule has 5 nitrogen and oxygen atoms in total. The van der Waals surface area contributed by atoms with Gasteiger partial charge in [0.05, 0.1) is 0 Å². The molecular formula is C12H19F3N2O3S. The van der Waals surface area contributed by atoms with E-state index >= 15 is 0 Å². The van der Waals surface area contributed by atoms with E-state index in [9.17, 15) is 22.8 Å². The van der Waals surface area contributed by atoms with Crippen molar-refractivity contribution < 1.29 is 27.9 Å². The molecule has 3 atom stereocenters. The summed E-state index contributed by atoms with van der Waals surface area (Å²) in [6, 6.07) is -1.33. The SMILES string of the molecule is CCSC1CCC(NC(=O)NC(C)(C(=O)O)C(F)(F)F)C1. The van der Waals surface area contributed by atoms with Crippen LogP contribution in [0.4, 0.5) is 18.0 Å². The van der Waals surface area contributed by atoms with E-state index in [2.05, 4.69) is 5.32 Å². The second kappa shape index (κ2) is 6.76. The Bertz CT molecular complexity index is 406. The van der Waals surface area contributed by atoms with Gasteiger partial charge in [-0.1, -0.05) is 6.92 Å². The molecule has 0 bridgehead atoms. The summed E-state index contributed by atoms with van der Waals surface area (Å²) in [4.78, 5) is 22.4. The maximum Gasteiger partial charge on any atom is 0.422 e. The van der Waals surface area contributed by atoms with Crippen LogP contribution in [0.25, 0.3) is 0 Å². The average Bonchev–Trinajstić information content (AvgIpc) is 2.74. The second-order valence-electron chi connectivity index (χ2n) is 5.11. The Balaban J connectivity index is 2.59. The van der Waals surface area contributed by atoms with Crippen molar-refractivity contribution in [2.75, 3.05) is 5.75 Å². The van der Waals surface area contributed by atoms with Gasteiger partial charge in [0.15, 0.2) is 0 Å². The van der Waals surface area contributed by atoms with Gasteiger partial charge in [-0.05, 0) is 31.9 Å². The summed E-state index contributed by atoms with van der Waals surface area (Å²) in [5.74, 6) is -1.20. The smallest absolute Gasteiger partial charge is 0.422 e. The molecule has 0 aromatic rings. The summed E-state index contributed by atoms with van der Waals surface area (Å²) in [5.41, 5.74) is -3.30. The minimum atomic E-state index is -5.08. The second-order valence-corrected chi connectivity index (χ2v) is 6.69. The molecule has 0 aromatic heterocycles. The van der Waals surface area contributed by atoms with Gasteiger partial charge in [0, 0.05) is 11.3 Å². The van der Waals surface area contributed by atoms with Crippen molar-refractivity contribution in [3.8, 4) is 0 Å². The van der Waals surface area contributed by atoms with Gasteiger partial charge in [-0.15, -0.1) is 0 Å². The van der Waals surface area contributed by atoms with E-state index in [0.717, 1.165) is 12.2 Å². The highest BCUT2D eigenvalue weighted by Crippen LogP contribution is 2.31. The average molecular weight is 328 g/mol. The van der Waals surface area contributed by atoms with Crippen LogP contribution in [0.2, 0.25) is 0 Å². The first-order valence-electron chi connectivity index (χ1n) is 6.60. The van der Waals surface area contributed by atoms with Crippen LogP contribution in [0, 0.1) is 0 Å². The van der Waals surface area contributed by atoms with Gasteiger partial charge in [-0.3, -0.25) is 0 Å². The van der Waals surface area contributed by atoms with Gasteiger partial charge in [0.2, 0.25) is 5.54 Å². The van der Waals surface area contributed by atoms with Gasteiger partial charge in [0.25, 0.3) is 0 Å². The quantitative estimate of drug-likeness (QED) is 0.724. The number of carbonyl (C=O) groups is 2. The van der Waals surface area contributed by atoms with Crippen molar-refractivity contribution in [3.05, 3.63) is 0 Å². The number of thioether (sulfide) groups is 1. The van der Waals surface area contributed by atoms with Gasteiger partial charge in [-0.2, -0.15) is 24.9 Å². The number of urea groups is 1. The summed E-state index contributed by atoms with van der Waals surface area (Å²) < 4.78 is 38.3. The molecule has 1 saturated carbocycles. The number of alkyl halides is 3. The molecule has 0 saturated heterocycles. The number of carboxylic acid groups (broad SMARTS) is 1. The summed E-state index contributed by atoms with van der Waals surface area (Å²) in [6.07, 6.45) is -2.83. The fourth-order valence-electron chi connectivity index (χ4n) is 2.15. The molecule has 2 amide bonds. The molecule has 1 rings (SSSR count). The lowest BCUT2D eigenvalue weighted by molar-refractivity contribution is -0.203. The number of carbonyl (C=O) groups excluding carboxylic acids is 1. The largest absolute Gasteiger partial charge is 0.479 e. The van der Waals surface area contributed by atoms with Crippen molar-refractivity contribution >= 4 is 23.8 Å². The van der Waals surface area contributed by atoms with Crippen molar-refractivity contribution in [1.82, 2.24) is 10.6 Å². The van der Waals surface area contributed by atoms with E-state index in [4.69, 9.17) is 5.11 Å². The molecule has 3 unspecified atom stereocenters. The lowest BCUT2D eigenvalue weighted by Gasteiger charge is -2.29. The van der Waals surface area contributed by atoms with Crippen LogP contribution in [-0.2, 0) is 4.79 Å². The van der Waals surface area contributed by atoms with E-state index in [1.165, 1.54) is 5.32 Å². The monoisotopic (exact) mass is 328 g/mol. The predicted molar refractivity (Wildman–Crippen MR) is 73.3 cm³/mol. The zero-order valence-corrected chi connectivity index (χ0v) is 12.6. The number of amides is 2. The maximum atomic E-state index is 12.8. The first-order chi connectivity index (χ1) is 9.60. The Labute approximate surface area is 125 Å². The maximum absolute atomic E-state index is 12.8. The lowest BCUT2D eigenvalue weighted by Crippen LogP contribution is -2.64. The number of nitrogens with one attached hydrogen (secondary N) is 2. The van der Waals surface area contributed by atoms with E-state index in [-0.39, 0.29) is 6.04 Å². The van der Waals surface area contributed by atoms with Crippen molar-refractivity contribution in [2.45, 2.75) is 56.1 Å². The number of aliphatic carboxylic acids is 1. The minimum absolute atomic E-state index is 0.222. The van der Waals surface area contributed by atoms with Crippen molar-refractivity contribution in [2.24, 2.45) is 0 Å². The van der Waals surface area contributed by atoms with E-state index in [1.54, 1.807) is 11.8 Å². The van der Waals surface area contributed by atoms with Gasteiger partial charge in [-0.25, -0.2) is 9.59 Å². The summed E-state index contributed by atoms with van der Waals surface area (Å²) in [6.45, 7) is 2.44. The standard InChI is InChI=1S/C12H19F3N2O3S/c1-3-21-8-5-4-7(6-8)16-10(20)17-11(2,9(18)19)12(13,14)15/h7-8H,3-6H2,1-2H3,(H,18,19)(H2,16,17,20). The Morgan fingerprint density at radius 1 is 1.33 bits per heavy atom. The van der Waals surface area contributed by atoms with E-state index < -0.39 is 23.7 Å². The molecule has 0 radical (unpaired) electrons. The Kier molecular flexibility index (Phi) is 5.77. The normalized spacial score (nSPS) is 25.2. The van der Waals surface area contributed by atoms with E-state index in [1.807, 2.05) is 6.92 Å². The highest BCUT2D eigenvalue weighted by Gasteiger charge is 2.58. The molecule has 0 spiro atoms. The third-order valence-electron chi connectivity index (χ3n) is 3.48. The molecule has 122 valence electrons. The third kappa shape index (κ3) is 4.42. The van der Waals surface area contributed by atoms with Gasteiger partial charge >= 0.3 is 18.2 Å². The Hall–Kier alpha value is -1.12. The molecule has 0 aliphatic heterocycles. The Morgan fingerprint density at radius 2 is 1.95 bits per heavy atom. The van der Waals surface area contributed by atoms with Crippen molar-refractivity contribution in [3.63, 3.8) is 0 Å². The summed E-state index contributed by atoms with van der Waals surface area (Å²) in [5, 5.41) is 13.1. The predicted octanol–water partition coefficient (Wildman–Crippen LogP) is 2.37. The van der Waals surface area contributed by atoms with Gasteiger partial charge in [0.1, 0.15) is 0 Å². The number of carboxylic acids is 1.